The van der Waals surface area contributed by atoms with Gasteiger partial charge in [0.15, 0.2) is 0 Å². The van der Waals surface area contributed by atoms with Crippen LogP contribution in [0.15, 0.2) is 46.7 Å². The molecule has 2 aromatic carbocycles. The van der Waals surface area contributed by atoms with Gasteiger partial charge < -0.3 is 15.8 Å². The third-order valence-corrected chi connectivity index (χ3v) is 5.49. The van der Waals surface area contributed by atoms with Crippen molar-refractivity contribution in [3.8, 4) is 5.75 Å². The molecular weight excluding hydrogens is 411 g/mol. The SMILES string of the molecule is Cl.NCCCOc1ccc(Cl)cc1C(=O)Nc1ccc2c(c1)S(=O)(=O)C=C2. The second kappa shape index (κ2) is 8.75. The normalized spacial score (nSPS) is 13.6. The Morgan fingerprint density at radius 2 is 1.96 bits per heavy atom. The third-order valence-electron chi connectivity index (χ3n) is 3.80. The van der Waals surface area contributed by atoms with Gasteiger partial charge in [0.1, 0.15) is 5.75 Å². The fourth-order valence-corrected chi connectivity index (χ4v) is 3.90. The summed E-state index contributed by atoms with van der Waals surface area (Å²) in [4.78, 5) is 12.8. The minimum absolute atomic E-state index is 0. The average molecular weight is 429 g/mol. The Balaban J connectivity index is 0.00000261. The Labute approximate surface area is 168 Å². The molecule has 3 N–H and O–H groups in total. The summed E-state index contributed by atoms with van der Waals surface area (Å²) in [5.74, 6) is -0.0608. The van der Waals surface area contributed by atoms with Gasteiger partial charge in [-0.2, -0.15) is 0 Å². The van der Waals surface area contributed by atoms with Gasteiger partial charge in [0.05, 0.1) is 17.1 Å². The Hall–Kier alpha value is -2.06. The van der Waals surface area contributed by atoms with Crippen LogP contribution >= 0.6 is 24.0 Å². The standard InChI is InChI=1S/C18H17ClN2O4S.ClH/c19-13-3-5-16(25-8-1-7-20)15(10-13)18(22)21-14-4-2-12-6-9-26(23,24)17(12)11-14;/h2-6,9-11H,1,7-8,20H2,(H,21,22);1H. The number of amides is 1. The molecule has 0 bridgehead atoms. The highest BCUT2D eigenvalue weighted by atomic mass is 35.5. The number of fused-ring (bicyclic) bond motifs is 1. The first-order chi connectivity index (χ1) is 12.4. The zero-order valence-corrected chi connectivity index (χ0v) is 16.5. The zero-order valence-electron chi connectivity index (χ0n) is 14.1. The van der Waals surface area contributed by atoms with Gasteiger partial charge in [-0.25, -0.2) is 8.42 Å². The number of anilines is 1. The molecule has 2 aromatic rings. The van der Waals surface area contributed by atoms with Gasteiger partial charge in [-0.05, 0) is 54.9 Å². The number of ether oxygens (including phenoxy) is 1. The lowest BCUT2D eigenvalue weighted by atomic mass is 10.1. The van der Waals surface area contributed by atoms with Gasteiger partial charge >= 0.3 is 0 Å². The zero-order chi connectivity index (χ0) is 18.7. The van der Waals surface area contributed by atoms with Crippen molar-refractivity contribution in [1.82, 2.24) is 0 Å². The van der Waals surface area contributed by atoms with Crippen LogP contribution in [0.1, 0.15) is 22.3 Å². The number of halogens is 2. The molecule has 1 aliphatic heterocycles. The maximum Gasteiger partial charge on any atom is 0.259 e. The molecule has 1 amide bonds. The van der Waals surface area contributed by atoms with Crippen LogP contribution in [0.2, 0.25) is 5.02 Å². The predicted octanol–water partition coefficient (Wildman–Crippen LogP) is 3.50. The first kappa shape index (κ1) is 21.2. The van der Waals surface area contributed by atoms with Crippen molar-refractivity contribution < 1.29 is 17.9 Å². The molecule has 0 atom stereocenters. The quantitative estimate of drug-likeness (QED) is 0.685. The number of sulfone groups is 1. The second-order valence-corrected chi connectivity index (χ2v) is 7.92. The topological polar surface area (TPSA) is 98.5 Å². The molecule has 1 heterocycles. The summed E-state index contributed by atoms with van der Waals surface area (Å²) in [6.07, 6.45) is 2.18. The lowest BCUT2D eigenvalue weighted by molar-refractivity contribution is 0.102. The maximum atomic E-state index is 12.6. The summed E-state index contributed by atoms with van der Waals surface area (Å²) in [6, 6.07) is 9.46. The van der Waals surface area contributed by atoms with E-state index >= 15 is 0 Å². The summed E-state index contributed by atoms with van der Waals surface area (Å²) < 4.78 is 29.5. The van der Waals surface area contributed by atoms with Crippen molar-refractivity contribution in [3.63, 3.8) is 0 Å². The van der Waals surface area contributed by atoms with E-state index in [0.717, 1.165) is 5.41 Å². The van der Waals surface area contributed by atoms with Gasteiger partial charge in [0.25, 0.3) is 5.91 Å². The average Bonchev–Trinajstić information content (AvgIpc) is 2.91. The van der Waals surface area contributed by atoms with E-state index in [1.807, 2.05) is 0 Å². The van der Waals surface area contributed by atoms with E-state index in [9.17, 15) is 13.2 Å². The number of rotatable bonds is 6. The molecule has 3 rings (SSSR count). The highest BCUT2D eigenvalue weighted by Crippen LogP contribution is 2.30. The van der Waals surface area contributed by atoms with Crippen LogP contribution in [0.5, 0.6) is 5.75 Å². The number of carbonyl (C=O) groups is 1. The van der Waals surface area contributed by atoms with Crippen LogP contribution in [0.4, 0.5) is 5.69 Å². The van der Waals surface area contributed by atoms with Gasteiger partial charge in [-0.1, -0.05) is 17.7 Å². The first-order valence-corrected chi connectivity index (χ1v) is 9.84. The molecule has 0 saturated heterocycles. The van der Waals surface area contributed by atoms with E-state index in [2.05, 4.69) is 5.32 Å². The molecule has 0 aromatic heterocycles. The molecule has 6 nitrogen and oxygen atoms in total. The van der Waals surface area contributed by atoms with Crippen LogP contribution in [-0.4, -0.2) is 27.5 Å². The fourth-order valence-electron chi connectivity index (χ4n) is 2.50. The Morgan fingerprint density at radius 1 is 1.19 bits per heavy atom. The predicted molar refractivity (Wildman–Crippen MR) is 108 cm³/mol. The van der Waals surface area contributed by atoms with Gasteiger partial charge in [-0.3, -0.25) is 4.79 Å². The Morgan fingerprint density at radius 3 is 2.70 bits per heavy atom. The lowest BCUT2D eigenvalue weighted by Crippen LogP contribution is -2.15. The largest absolute Gasteiger partial charge is 0.493 e. The van der Waals surface area contributed by atoms with Gasteiger partial charge in [0, 0.05) is 16.1 Å². The molecule has 144 valence electrons. The summed E-state index contributed by atoms with van der Waals surface area (Å²) in [5, 5.41) is 4.22. The molecule has 0 aliphatic carbocycles. The highest BCUT2D eigenvalue weighted by Gasteiger charge is 2.22. The highest BCUT2D eigenvalue weighted by molar-refractivity contribution is 7.94. The van der Waals surface area contributed by atoms with E-state index in [1.54, 1.807) is 24.3 Å². The van der Waals surface area contributed by atoms with Crippen LogP contribution in [0.25, 0.3) is 6.08 Å². The van der Waals surface area contributed by atoms with Crippen LogP contribution in [0.3, 0.4) is 0 Å². The van der Waals surface area contributed by atoms with Gasteiger partial charge in [0.2, 0.25) is 9.84 Å². The summed E-state index contributed by atoms with van der Waals surface area (Å²) in [7, 11) is -3.45. The van der Waals surface area contributed by atoms with E-state index in [1.165, 1.54) is 18.2 Å². The van der Waals surface area contributed by atoms with Crippen molar-refractivity contribution in [3.05, 3.63) is 58.0 Å². The minimum Gasteiger partial charge on any atom is -0.493 e. The van der Waals surface area contributed by atoms with E-state index in [0.29, 0.717) is 41.6 Å². The number of benzene rings is 2. The first-order valence-electron chi connectivity index (χ1n) is 7.92. The maximum absolute atomic E-state index is 12.6. The Bertz CT molecular complexity index is 991. The number of nitrogens with one attached hydrogen (secondary N) is 1. The smallest absolute Gasteiger partial charge is 0.259 e. The summed E-state index contributed by atoms with van der Waals surface area (Å²) in [5.41, 5.74) is 6.67. The van der Waals surface area contributed by atoms with Crippen molar-refractivity contribution in [1.29, 1.82) is 0 Å². The van der Waals surface area contributed by atoms with E-state index in [4.69, 9.17) is 22.1 Å². The summed E-state index contributed by atoms with van der Waals surface area (Å²) in [6.45, 7) is 0.855. The summed E-state index contributed by atoms with van der Waals surface area (Å²) >= 11 is 6.00. The molecule has 1 aliphatic rings. The molecule has 0 radical (unpaired) electrons. The number of hydrogen-bond acceptors (Lipinski definition) is 5. The molecule has 0 fully saturated rings. The molecule has 0 spiro atoms. The van der Waals surface area contributed by atoms with Crippen molar-refractivity contribution in [2.24, 2.45) is 5.73 Å². The second-order valence-electron chi connectivity index (χ2n) is 5.69. The van der Waals surface area contributed by atoms with Gasteiger partial charge in [-0.15, -0.1) is 12.4 Å². The lowest BCUT2D eigenvalue weighted by Gasteiger charge is -2.12. The molecule has 0 saturated carbocycles. The van der Waals surface area contributed by atoms with E-state index < -0.39 is 15.7 Å². The van der Waals surface area contributed by atoms with Crippen molar-refractivity contribution >= 4 is 51.5 Å². The fraction of sp³-hybridized carbons (Fsp3) is 0.167. The van der Waals surface area contributed by atoms with Crippen LogP contribution in [0, 0.1) is 0 Å². The third kappa shape index (κ3) is 4.81. The minimum atomic E-state index is -3.45. The molecule has 0 unspecified atom stereocenters. The van der Waals surface area contributed by atoms with Crippen molar-refractivity contribution in [2.75, 3.05) is 18.5 Å². The van der Waals surface area contributed by atoms with Crippen molar-refractivity contribution in [2.45, 2.75) is 11.3 Å². The monoisotopic (exact) mass is 428 g/mol. The molecule has 9 heteroatoms. The molecular formula is C18H18Cl2N2O4S. The Kier molecular flexibility index (Phi) is 6.89. The van der Waals surface area contributed by atoms with E-state index in [-0.39, 0.29) is 22.9 Å². The molecule has 27 heavy (non-hydrogen) atoms. The number of hydrogen-bond donors (Lipinski definition) is 2. The van der Waals surface area contributed by atoms with Crippen LogP contribution in [-0.2, 0) is 9.84 Å². The number of carbonyl (C=O) groups excluding carboxylic acids is 1. The number of nitrogens with two attached hydrogens (primary N) is 1. The van der Waals surface area contributed by atoms with Crippen LogP contribution < -0.4 is 15.8 Å².